The van der Waals surface area contributed by atoms with Crippen LogP contribution < -0.4 is 15.4 Å². The molecule has 0 aliphatic carbocycles. The van der Waals surface area contributed by atoms with Crippen LogP contribution in [-0.4, -0.2) is 57.2 Å². The summed E-state index contributed by atoms with van der Waals surface area (Å²) >= 11 is 0. The van der Waals surface area contributed by atoms with E-state index in [9.17, 15) is 4.79 Å². The Bertz CT molecular complexity index is 1570. The highest BCUT2D eigenvalue weighted by Gasteiger charge is 2.28. The second-order valence-corrected chi connectivity index (χ2v) is 12.0. The fraction of sp³-hybridized carbons (Fsp3) is 0.412. The van der Waals surface area contributed by atoms with Gasteiger partial charge in [0, 0.05) is 54.5 Å². The maximum absolute atomic E-state index is 12.6. The molecule has 2 N–H and O–H groups in total. The zero-order valence-corrected chi connectivity index (χ0v) is 25.8. The molecule has 1 unspecified atom stereocenters. The molecule has 0 saturated carbocycles. The number of carbonyl (C=O) groups excluding carboxylic acids is 1. The number of piperidine rings is 1. The molecule has 3 heterocycles. The van der Waals surface area contributed by atoms with Gasteiger partial charge >= 0.3 is 6.09 Å². The summed E-state index contributed by atoms with van der Waals surface area (Å²) in [4.78, 5) is 28.3. The van der Waals surface area contributed by atoms with Gasteiger partial charge in [-0.1, -0.05) is 37.6 Å². The highest BCUT2D eigenvalue weighted by Crippen LogP contribution is 2.38. The minimum Gasteiger partial charge on any atom is -0.444 e. The fourth-order valence-electron chi connectivity index (χ4n) is 5.24. The number of rotatable bonds is 9. The van der Waals surface area contributed by atoms with Crippen LogP contribution >= 0.6 is 0 Å². The summed E-state index contributed by atoms with van der Waals surface area (Å²) in [5.41, 5.74) is 3.04. The lowest BCUT2D eigenvalue weighted by atomic mass is 10.0. The van der Waals surface area contributed by atoms with Crippen molar-refractivity contribution in [2.75, 3.05) is 30.3 Å². The summed E-state index contributed by atoms with van der Waals surface area (Å²) in [5, 5.41) is 9.13. The Labute approximate surface area is 254 Å². The average Bonchev–Trinajstić information content (AvgIpc) is 2.98. The van der Waals surface area contributed by atoms with Crippen molar-refractivity contribution in [3.05, 3.63) is 66.5 Å². The Kier molecular flexibility index (Phi) is 9.28. The molecule has 9 heteroatoms. The highest BCUT2D eigenvalue weighted by molar-refractivity contribution is 5.98. The first-order valence-electron chi connectivity index (χ1n) is 15.2. The fourth-order valence-corrected chi connectivity index (χ4v) is 5.24. The van der Waals surface area contributed by atoms with Crippen molar-refractivity contribution in [2.24, 2.45) is 0 Å². The first-order chi connectivity index (χ1) is 20.7. The van der Waals surface area contributed by atoms with Crippen LogP contribution in [0.3, 0.4) is 0 Å². The Hall–Kier alpha value is -4.40. The molecule has 2 aromatic heterocycles. The van der Waals surface area contributed by atoms with Crippen molar-refractivity contribution in [1.29, 1.82) is 0 Å². The van der Waals surface area contributed by atoms with E-state index in [1.165, 1.54) is 0 Å². The van der Waals surface area contributed by atoms with Gasteiger partial charge in [0.15, 0.2) is 0 Å². The molecular weight excluding hydrogens is 540 g/mol. The number of anilines is 2. The zero-order valence-electron chi connectivity index (χ0n) is 25.8. The lowest BCUT2D eigenvalue weighted by molar-refractivity contribution is 0.0206. The second kappa shape index (κ2) is 13.3. The molecule has 4 aromatic rings. The van der Waals surface area contributed by atoms with Crippen molar-refractivity contribution < 1.29 is 14.3 Å². The quantitative estimate of drug-likeness (QED) is 0.193. The molecular formula is C34H42N6O3. The van der Waals surface area contributed by atoms with Crippen molar-refractivity contribution in [3.8, 4) is 22.9 Å². The van der Waals surface area contributed by atoms with Crippen LogP contribution in [0.5, 0.6) is 11.6 Å². The predicted octanol–water partition coefficient (Wildman–Crippen LogP) is 7.82. The lowest BCUT2D eigenvalue weighted by Gasteiger charge is -2.34. The van der Waals surface area contributed by atoms with E-state index in [1.54, 1.807) is 17.3 Å². The first-order valence-corrected chi connectivity index (χ1v) is 15.2. The van der Waals surface area contributed by atoms with Crippen LogP contribution in [-0.2, 0) is 4.74 Å². The summed E-state index contributed by atoms with van der Waals surface area (Å²) in [5.74, 6) is 1.74. The maximum atomic E-state index is 12.6. The van der Waals surface area contributed by atoms with Crippen molar-refractivity contribution in [2.45, 2.75) is 71.9 Å². The molecule has 1 aliphatic heterocycles. The van der Waals surface area contributed by atoms with Crippen molar-refractivity contribution in [1.82, 2.24) is 19.9 Å². The van der Waals surface area contributed by atoms with Crippen LogP contribution in [0.1, 0.15) is 58.9 Å². The zero-order chi connectivity index (χ0) is 30.4. The van der Waals surface area contributed by atoms with Crippen LogP contribution in [0, 0.1) is 6.92 Å². The second-order valence-electron chi connectivity index (χ2n) is 12.0. The number of unbranched alkanes of at least 4 members (excludes halogenated alkanes) is 1. The molecule has 1 aliphatic rings. The Morgan fingerprint density at radius 2 is 1.91 bits per heavy atom. The number of likely N-dealkylation sites (tertiary alicyclic amines) is 1. The third-order valence-corrected chi connectivity index (χ3v) is 7.36. The maximum Gasteiger partial charge on any atom is 0.410 e. The molecule has 9 nitrogen and oxygen atoms in total. The minimum absolute atomic E-state index is 0.0135. The van der Waals surface area contributed by atoms with E-state index in [0.29, 0.717) is 30.6 Å². The number of pyridine rings is 1. The van der Waals surface area contributed by atoms with Gasteiger partial charge in [0.25, 0.3) is 0 Å². The molecule has 0 spiro atoms. The van der Waals surface area contributed by atoms with Crippen LogP contribution in [0.2, 0.25) is 0 Å². The van der Waals surface area contributed by atoms with Gasteiger partial charge in [0.2, 0.25) is 11.8 Å². The van der Waals surface area contributed by atoms with Crippen LogP contribution in [0.25, 0.3) is 22.0 Å². The summed E-state index contributed by atoms with van der Waals surface area (Å²) in [7, 11) is 0. The third kappa shape index (κ3) is 7.52. The van der Waals surface area contributed by atoms with Gasteiger partial charge in [-0.05, 0) is 76.8 Å². The van der Waals surface area contributed by atoms with E-state index in [1.807, 2.05) is 45.9 Å². The van der Waals surface area contributed by atoms with E-state index in [4.69, 9.17) is 14.5 Å². The number of nitrogens with one attached hydrogen (secondary N) is 2. The molecule has 226 valence electrons. The molecule has 0 radical (unpaired) electrons. The average molecular weight is 583 g/mol. The van der Waals surface area contributed by atoms with Gasteiger partial charge in [-0.3, -0.25) is 0 Å². The number of carbonyl (C=O) groups is 1. The summed E-state index contributed by atoms with van der Waals surface area (Å²) in [6.07, 6.45) is 7.19. The molecule has 43 heavy (non-hydrogen) atoms. The Morgan fingerprint density at radius 1 is 1.05 bits per heavy atom. The Morgan fingerprint density at radius 3 is 2.72 bits per heavy atom. The van der Waals surface area contributed by atoms with Crippen molar-refractivity contribution >= 4 is 28.5 Å². The SMILES string of the molecule is CCCCNc1cccc2c(Oc3ncccc3-c3ccnc(NC4CCCN(C(=O)OC(C)(C)C)C4)n3)c(C)ccc12. The van der Waals surface area contributed by atoms with Gasteiger partial charge in [-0.15, -0.1) is 0 Å². The molecule has 1 saturated heterocycles. The number of benzene rings is 2. The molecule has 1 fully saturated rings. The monoisotopic (exact) mass is 582 g/mol. The van der Waals surface area contributed by atoms with Gasteiger partial charge in [-0.25, -0.2) is 19.7 Å². The number of hydrogen-bond acceptors (Lipinski definition) is 8. The van der Waals surface area contributed by atoms with E-state index >= 15 is 0 Å². The molecule has 1 atom stereocenters. The van der Waals surface area contributed by atoms with Gasteiger partial charge in [0.05, 0.1) is 11.3 Å². The normalized spacial score (nSPS) is 15.3. The van der Waals surface area contributed by atoms with Crippen LogP contribution in [0.15, 0.2) is 60.9 Å². The standard InChI is InChI=1S/C34H42N6O3/c1-6-7-18-35-28-14-8-12-26-25(28)16-15-23(2)30(26)42-31-27(13-9-19-36-31)29-17-20-37-32(39-29)38-24-11-10-21-40(22-24)33(41)43-34(3,4)5/h8-9,12-17,19-20,24,35H,6-7,10-11,18,21-22H2,1-5H3,(H,37,38,39). The molecule has 5 rings (SSSR count). The number of ether oxygens (including phenoxy) is 2. The lowest BCUT2D eigenvalue weighted by Crippen LogP contribution is -2.47. The first kappa shape index (κ1) is 30.1. The van der Waals surface area contributed by atoms with E-state index in [-0.39, 0.29) is 12.1 Å². The Balaban J connectivity index is 1.37. The van der Waals surface area contributed by atoms with Gasteiger partial charge < -0.3 is 25.0 Å². The third-order valence-electron chi connectivity index (χ3n) is 7.36. The number of amides is 1. The number of nitrogens with zero attached hydrogens (tertiary/aromatic N) is 4. The highest BCUT2D eigenvalue weighted by atomic mass is 16.6. The number of aryl methyl sites for hydroxylation is 1. The van der Waals surface area contributed by atoms with Gasteiger partial charge in [0.1, 0.15) is 11.4 Å². The van der Waals surface area contributed by atoms with Crippen LogP contribution in [0.4, 0.5) is 16.4 Å². The summed E-state index contributed by atoms with van der Waals surface area (Å²) in [6.45, 7) is 12.0. The molecule has 0 bridgehead atoms. The van der Waals surface area contributed by atoms with E-state index in [0.717, 1.165) is 65.6 Å². The number of fused-ring (bicyclic) bond motifs is 1. The number of aromatic nitrogens is 3. The molecule has 1 amide bonds. The van der Waals surface area contributed by atoms with E-state index in [2.05, 4.69) is 57.9 Å². The summed E-state index contributed by atoms with van der Waals surface area (Å²) < 4.78 is 12.2. The topological polar surface area (TPSA) is 102 Å². The van der Waals surface area contributed by atoms with E-state index < -0.39 is 5.60 Å². The van der Waals surface area contributed by atoms with Crippen molar-refractivity contribution in [3.63, 3.8) is 0 Å². The minimum atomic E-state index is -0.531. The largest absolute Gasteiger partial charge is 0.444 e. The smallest absolute Gasteiger partial charge is 0.410 e. The predicted molar refractivity (Wildman–Crippen MR) is 172 cm³/mol. The number of hydrogen-bond donors (Lipinski definition) is 2. The molecule has 2 aromatic carbocycles. The van der Waals surface area contributed by atoms with Gasteiger partial charge in [-0.2, -0.15) is 0 Å². The summed E-state index contributed by atoms with van der Waals surface area (Å²) in [6, 6.07) is 16.2.